The smallest absolute Gasteiger partial charge is 0.242 e. The van der Waals surface area contributed by atoms with Gasteiger partial charge in [0.1, 0.15) is 4.90 Å². The van der Waals surface area contributed by atoms with Crippen LogP contribution in [0.15, 0.2) is 23.1 Å². The minimum absolute atomic E-state index is 0.0287. The minimum Gasteiger partial charge on any atom is -0.314 e. The van der Waals surface area contributed by atoms with Crippen molar-refractivity contribution in [1.29, 1.82) is 0 Å². The molecule has 1 aromatic rings. The van der Waals surface area contributed by atoms with Crippen LogP contribution in [-0.2, 0) is 10.0 Å². The molecule has 1 atom stereocenters. The Morgan fingerprint density at radius 2 is 2.16 bits per heavy atom. The first kappa shape index (κ1) is 15.1. The van der Waals surface area contributed by atoms with Crippen molar-refractivity contribution in [2.75, 3.05) is 13.1 Å². The van der Waals surface area contributed by atoms with Gasteiger partial charge in [-0.1, -0.05) is 23.2 Å². The maximum atomic E-state index is 12.1. The molecule has 4 nitrogen and oxygen atoms in total. The topological polar surface area (TPSA) is 58.2 Å². The summed E-state index contributed by atoms with van der Waals surface area (Å²) in [4.78, 5) is 0.0287. The summed E-state index contributed by atoms with van der Waals surface area (Å²) < 4.78 is 26.8. The van der Waals surface area contributed by atoms with Gasteiger partial charge in [-0.25, -0.2) is 13.1 Å². The van der Waals surface area contributed by atoms with E-state index in [0.29, 0.717) is 17.6 Å². The quantitative estimate of drug-likeness (QED) is 0.875. The highest BCUT2D eigenvalue weighted by Gasteiger charge is 2.19. The Hall–Kier alpha value is -0.330. The highest BCUT2D eigenvalue weighted by atomic mass is 35.5. The highest BCUT2D eigenvalue weighted by molar-refractivity contribution is 7.89. The third kappa shape index (κ3) is 4.07. The Morgan fingerprint density at radius 3 is 2.84 bits per heavy atom. The molecule has 0 radical (unpaired) electrons. The molecule has 2 rings (SSSR count). The van der Waals surface area contributed by atoms with E-state index >= 15 is 0 Å². The summed E-state index contributed by atoms with van der Waals surface area (Å²) in [6.07, 6.45) is 3.02. The van der Waals surface area contributed by atoms with Crippen LogP contribution in [0.4, 0.5) is 0 Å². The van der Waals surface area contributed by atoms with Gasteiger partial charge in [0.15, 0.2) is 0 Å². The summed E-state index contributed by atoms with van der Waals surface area (Å²) in [6, 6.07) is 4.81. The number of rotatable bonds is 5. The molecule has 1 fully saturated rings. The Labute approximate surface area is 123 Å². The van der Waals surface area contributed by atoms with E-state index in [1.165, 1.54) is 12.1 Å². The van der Waals surface area contributed by atoms with E-state index in [1.54, 1.807) is 6.07 Å². The van der Waals surface area contributed by atoms with Gasteiger partial charge in [-0.05, 0) is 44.0 Å². The zero-order valence-electron chi connectivity index (χ0n) is 10.3. The molecule has 2 N–H and O–H groups in total. The number of benzene rings is 1. The van der Waals surface area contributed by atoms with Crippen molar-refractivity contribution in [3.05, 3.63) is 28.2 Å². The van der Waals surface area contributed by atoms with Crippen LogP contribution >= 0.6 is 23.2 Å². The number of sulfonamides is 1. The monoisotopic (exact) mass is 322 g/mol. The molecule has 1 saturated heterocycles. The summed E-state index contributed by atoms with van der Waals surface area (Å²) in [5, 5.41) is 3.85. The SMILES string of the molecule is O=S(=O)(NCCC1CCCN1)c1cc(Cl)ccc1Cl. The molecule has 0 aromatic heterocycles. The largest absolute Gasteiger partial charge is 0.314 e. The van der Waals surface area contributed by atoms with Crippen molar-refractivity contribution in [2.24, 2.45) is 0 Å². The first-order valence-electron chi connectivity index (χ1n) is 6.17. The van der Waals surface area contributed by atoms with Crippen LogP contribution < -0.4 is 10.0 Å². The second kappa shape index (κ2) is 6.41. The summed E-state index contributed by atoms with van der Waals surface area (Å²) in [5.41, 5.74) is 0. The van der Waals surface area contributed by atoms with E-state index in [1.807, 2.05) is 0 Å². The molecule has 0 spiro atoms. The second-order valence-electron chi connectivity index (χ2n) is 4.55. The van der Waals surface area contributed by atoms with Gasteiger partial charge in [0, 0.05) is 17.6 Å². The van der Waals surface area contributed by atoms with Gasteiger partial charge in [0.25, 0.3) is 0 Å². The van der Waals surface area contributed by atoms with Crippen molar-refractivity contribution in [3.8, 4) is 0 Å². The number of hydrogen-bond donors (Lipinski definition) is 2. The first-order valence-corrected chi connectivity index (χ1v) is 8.41. The van der Waals surface area contributed by atoms with E-state index in [9.17, 15) is 8.42 Å². The first-order chi connectivity index (χ1) is 8.99. The fourth-order valence-electron chi connectivity index (χ4n) is 2.13. The van der Waals surface area contributed by atoms with Crippen LogP contribution in [0.2, 0.25) is 10.0 Å². The molecule has 0 bridgehead atoms. The van der Waals surface area contributed by atoms with Gasteiger partial charge in [-0.2, -0.15) is 0 Å². The number of nitrogens with one attached hydrogen (secondary N) is 2. The van der Waals surface area contributed by atoms with Crippen LogP contribution in [0.1, 0.15) is 19.3 Å². The Morgan fingerprint density at radius 1 is 1.37 bits per heavy atom. The Balaban J connectivity index is 1.99. The van der Waals surface area contributed by atoms with Crippen molar-refractivity contribution >= 4 is 33.2 Å². The average molecular weight is 323 g/mol. The third-order valence-corrected chi connectivity index (χ3v) is 5.31. The van der Waals surface area contributed by atoms with Gasteiger partial charge >= 0.3 is 0 Å². The molecule has 19 heavy (non-hydrogen) atoms. The highest BCUT2D eigenvalue weighted by Crippen LogP contribution is 2.24. The van der Waals surface area contributed by atoms with E-state index < -0.39 is 10.0 Å². The minimum atomic E-state index is -3.60. The summed E-state index contributed by atoms with van der Waals surface area (Å²) in [7, 11) is -3.60. The van der Waals surface area contributed by atoms with Crippen LogP contribution in [0.5, 0.6) is 0 Å². The normalized spacial score (nSPS) is 19.8. The second-order valence-corrected chi connectivity index (χ2v) is 7.13. The summed E-state index contributed by atoms with van der Waals surface area (Å²) in [5.74, 6) is 0. The number of halogens is 2. The summed E-state index contributed by atoms with van der Waals surface area (Å²) >= 11 is 11.7. The average Bonchev–Trinajstić information content (AvgIpc) is 2.85. The standard InChI is InChI=1S/C12H16Cl2N2O2S/c13-9-3-4-11(14)12(8-9)19(17,18)16-7-5-10-2-1-6-15-10/h3-4,8,10,15-16H,1-2,5-7H2. The molecular weight excluding hydrogens is 307 g/mol. The fourth-order valence-corrected chi connectivity index (χ4v) is 3.94. The molecule has 0 saturated carbocycles. The predicted molar refractivity (Wildman–Crippen MR) is 77.3 cm³/mol. The Kier molecular flexibility index (Phi) is 5.09. The van der Waals surface area contributed by atoms with E-state index in [-0.39, 0.29) is 9.92 Å². The van der Waals surface area contributed by atoms with Crippen LogP contribution in [-0.4, -0.2) is 27.5 Å². The molecule has 1 heterocycles. The van der Waals surface area contributed by atoms with Gasteiger partial charge in [-0.3, -0.25) is 0 Å². The van der Waals surface area contributed by atoms with Crippen molar-refractivity contribution in [1.82, 2.24) is 10.0 Å². The van der Waals surface area contributed by atoms with Gasteiger partial charge < -0.3 is 5.32 Å². The molecule has 0 aliphatic carbocycles. The lowest BCUT2D eigenvalue weighted by molar-refractivity contribution is 0.539. The summed E-state index contributed by atoms with van der Waals surface area (Å²) in [6.45, 7) is 1.40. The molecule has 1 unspecified atom stereocenters. The van der Waals surface area contributed by atoms with Crippen molar-refractivity contribution in [3.63, 3.8) is 0 Å². The van der Waals surface area contributed by atoms with Crippen LogP contribution in [0.3, 0.4) is 0 Å². The maximum Gasteiger partial charge on any atom is 0.242 e. The lowest BCUT2D eigenvalue weighted by atomic mass is 10.2. The predicted octanol–water partition coefficient (Wildman–Crippen LogP) is 2.41. The molecule has 106 valence electrons. The fraction of sp³-hybridized carbons (Fsp3) is 0.500. The van der Waals surface area contributed by atoms with Gasteiger partial charge in [0.2, 0.25) is 10.0 Å². The van der Waals surface area contributed by atoms with Crippen molar-refractivity contribution < 1.29 is 8.42 Å². The van der Waals surface area contributed by atoms with Gasteiger partial charge in [0.05, 0.1) is 5.02 Å². The van der Waals surface area contributed by atoms with Crippen LogP contribution in [0, 0.1) is 0 Å². The zero-order chi connectivity index (χ0) is 13.9. The van der Waals surface area contributed by atoms with Crippen LogP contribution in [0.25, 0.3) is 0 Å². The molecule has 1 aliphatic heterocycles. The molecular formula is C12H16Cl2N2O2S. The Bertz CT molecular complexity index is 543. The number of hydrogen-bond acceptors (Lipinski definition) is 3. The van der Waals surface area contributed by atoms with Crippen molar-refractivity contribution in [2.45, 2.75) is 30.2 Å². The lowest BCUT2D eigenvalue weighted by Crippen LogP contribution is -2.30. The molecule has 0 amide bonds. The zero-order valence-corrected chi connectivity index (χ0v) is 12.7. The van der Waals surface area contributed by atoms with E-state index in [2.05, 4.69) is 10.0 Å². The molecule has 1 aliphatic rings. The molecule has 7 heteroatoms. The molecule has 1 aromatic carbocycles. The van der Waals surface area contributed by atoms with E-state index in [4.69, 9.17) is 23.2 Å². The van der Waals surface area contributed by atoms with E-state index in [0.717, 1.165) is 25.8 Å². The lowest BCUT2D eigenvalue weighted by Gasteiger charge is -2.12. The van der Waals surface area contributed by atoms with Gasteiger partial charge in [-0.15, -0.1) is 0 Å². The maximum absolute atomic E-state index is 12.1. The third-order valence-electron chi connectivity index (χ3n) is 3.13.